The highest BCUT2D eigenvalue weighted by atomic mass is 35.5. The normalized spacial score (nSPS) is 20.3. The fraction of sp³-hybridized carbons (Fsp3) is 0.344. The van der Waals surface area contributed by atoms with E-state index in [2.05, 4.69) is 15.2 Å². The van der Waals surface area contributed by atoms with Gasteiger partial charge in [-0.2, -0.15) is 0 Å². The number of urea groups is 1. The molecular formula is C32H32ClFN6O5S. The van der Waals surface area contributed by atoms with Crippen molar-refractivity contribution >= 4 is 52.9 Å². The molecule has 0 saturated carbocycles. The Kier molecular flexibility index (Phi) is 8.82. The summed E-state index contributed by atoms with van der Waals surface area (Å²) >= 11 is 7.79. The SMILES string of the molecule is COC(=O)C1=C(CN2CCN3C(=O)N(c4ccc(C(C)(C)OC=O)cc4)C[C@@H]3C2)NC(c2nccs2)=N[C@H]1c1cccc(F)c1Cl. The number of halogens is 2. The number of carbonyl (C=O) groups is 3. The summed E-state index contributed by atoms with van der Waals surface area (Å²) in [6, 6.07) is 10.7. The molecule has 0 bridgehead atoms. The first kappa shape index (κ1) is 31.6. The van der Waals surface area contributed by atoms with Gasteiger partial charge in [0.25, 0.3) is 6.47 Å². The number of nitrogens with one attached hydrogen (secondary N) is 1. The number of piperazine rings is 1. The van der Waals surface area contributed by atoms with Crippen molar-refractivity contribution in [2.24, 2.45) is 4.99 Å². The highest BCUT2D eigenvalue weighted by Crippen LogP contribution is 2.38. The summed E-state index contributed by atoms with van der Waals surface area (Å²) in [5, 5.41) is 5.61. The van der Waals surface area contributed by atoms with Gasteiger partial charge in [-0.3, -0.25) is 19.6 Å². The minimum absolute atomic E-state index is 0.0787. The smallest absolute Gasteiger partial charge is 0.338 e. The fourth-order valence-corrected chi connectivity index (χ4v) is 6.88. The predicted octanol–water partition coefficient (Wildman–Crippen LogP) is 4.49. The first-order valence-corrected chi connectivity index (χ1v) is 15.9. The van der Waals surface area contributed by atoms with Crippen LogP contribution in [0.15, 0.2) is 70.3 Å². The van der Waals surface area contributed by atoms with Crippen molar-refractivity contribution in [1.29, 1.82) is 0 Å². The Morgan fingerprint density at radius 2 is 1.98 bits per heavy atom. The number of ether oxygens (including phenoxy) is 2. The molecule has 0 radical (unpaired) electrons. The van der Waals surface area contributed by atoms with Gasteiger partial charge in [-0.1, -0.05) is 35.9 Å². The molecule has 3 aliphatic rings. The van der Waals surface area contributed by atoms with Crippen molar-refractivity contribution in [3.63, 3.8) is 0 Å². The van der Waals surface area contributed by atoms with Gasteiger partial charge >= 0.3 is 12.0 Å². The zero-order valence-corrected chi connectivity index (χ0v) is 27.0. The summed E-state index contributed by atoms with van der Waals surface area (Å²) in [6.45, 7) is 6.42. The van der Waals surface area contributed by atoms with Gasteiger partial charge in [0.2, 0.25) is 0 Å². The maximum Gasteiger partial charge on any atom is 0.338 e. The van der Waals surface area contributed by atoms with Crippen LogP contribution in [0.3, 0.4) is 0 Å². The summed E-state index contributed by atoms with van der Waals surface area (Å²) in [4.78, 5) is 52.6. The number of hydrogen-bond acceptors (Lipinski definition) is 10. The van der Waals surface area contributed by atoms with Gasteiger partial charge in [0.15, 0.2) is 10.8 Å². The van der Waals surface area contributed by atoms with Crippen molar-refractivity contribution < 1.29 is 28.2 Å². The minimum atomic E-state index is -0.930. The van der Waals surface area contributed by atoms with Crippen LogP contribution < -0.4 is 10.2 Å². The Hall–Kier alpha value is -4.33. The topological polar surface area (TPSA) is 117 Å². The first-order valence-electron chi connectivity index (χ1n) is 14.6. The van der Waals surface area contributed by atoms with Gasteiger partial charge < -0.3 is 19.7 Å². The van der Waals surface area contributed by atoms with Gasteiger partial charge in [0, 0.05) is 61.2 Å². The third-order valence-corrected chi connectivity index (χ3v) is 9.66. The van der Waals surface area contributed by atoms with Crippen molar-refractivity contribution in [2.45, 2.75) is 31.5 Å². The van der Waals surface area contributed by atoms with Gasteiger partial charge in [-0.05, 0) is 37.6 Å². The Morgan fingerprint density at radius 1 is 1.20 bits per heavy atom. The van der Waals surface area contributed by atoms with E-state index in [1.165, 1.54) is 30.6 Å². The molecule has 2 amide bonds. The Morgan fingerprint density at radius 3 is 2.67 bits per heavy atom. The zero-order chi connectivity index (χ0) is 32.6. The van der Waals surface area contributed by atoms with E-state index in [0.29, 0.717) is 61.3 Å². The summed E-state index contributed by atoms with van der Waals surface area (Å²) in [5.41, 5.74) is 1.88. The number of hydrogen-bond donors (Lipinski definition) is 1. The number of thiazole rings is 1. The average Bonchev–Trinajstić information content (AvgIpc) is 3.70. The monoisotopic (exact) mass is 666 g/mol. The molecule has 6 rings (SSSR count). The molecule has 2 atom stereocenters. The average molecular weight is 667 g/mol. The van der Waals surface area contributed by atoms with Crippen LogP contribution in [0.2, 0.25) is 5.02 Å². The highest BCUT2D eigenvalue weighted by molar-refractivity contribution is 7.11. The first-order chi connectivity index (χ1) is 22.1. The third kappa shape index (κ3) is 5.97. The van der Waals surface area contributed by atoms with Crippen molar-refractivity contribution in [2.75, 3.05) is 44.7 Å². The van der Waals surface area contributed by atoms with Crippen LogP contribution in [-0.2, 0) is 24.7 Å². The summed E-state index contributed by atoms with van der Waals surface area (Å²) in [5.74, 6) is -0.788. The summed E-state index contributed by atoms with van der Waals surface area (Å²) in [6.07, 6.45) is 1.66. The molecular weight excluding hydrogens is 635 g/mol. The quantitative estimate of drug-likeness (QED) is 0.263. The van der Waals surface area contributed by atoms with E-state index in [1.807, 2.05) is 34.5 Å². The number of anilines is 1. The Labute approximate surface area is 274 Å². The molecule has 11 nitrogen and oxygen atoms in total. The standard InChI is InChI=1S/C32H32ClFN6O5S/c1-32(2,45-18-41)19-7-9-20(10-8-19)40-16-21-15-38(12-13-39(21)31(40)43)17-24-25(30(42)44-3)27(22-5-4-6-23(34)26(22)33)37-28(36-24)29-35-11-14-46-29/h4-11,14,18,21,27H,12-13,15-17H2,1-3H3,(H,36,37)/t21-,27-/m0/s1. The fourth-order valence-electron chi connectivity index (χ4n) is 6.06. The molecule has 0 aliphatic carbocycles. The molecule has 0 spiro atoms. The summed E-state index contributed by atoms with van der Waals surface area (Å²) < 4.78 is 25.0. The van der Waals surface area contributed by atoms with Gasteiger partial charge in [-0.15, -0.1) is 11.3 Å². The number of amides is 2. The Balaban J connectivity index is 1.26. The second kappa shape index (κ2) is 12.8. The number of rotatable bonds is 9. The number of amidine groups is 1. The third-order valence-electron chi connectivity index (χ3n) is 8.48. The van der Waals surface area contributed by atoms with E-state index in [1.54, 1.807) is 31.0 Å². The molecule has 3 aliphatic heterocycles. The molecule has 2 aromatic carbocycles. The molecule has 240 valence electrons. The van der Waals surface area contributed by atoms with Crippen LogP contribution in [0.5, 0.6) is 0 Å². The number of benzene rings is 2. The molecule has 14 heteroatoms. The number of aromatic nitrogens is 1. The van der Waals surface area contributed by atoms with Crippen LogP contribution >= 0.6 is 22.9 Å². The predicted molar refractivity (Wildman–Crippen MR) is 171 cm³/mol. The maximum absolute atomic E-state index is 14.6. The van der Waals surface area contributed by atoms with Gasteiger partial charge in [0.05, 0.1) is 23.7 Å². The highest BCUT2D eigenvalue weighted by Gasteiger charge is 2.42. The van der Waals surface area contributed by atoms with Crippen molar-refractivity contribution in [3.8, 4) is 0 Å². The van der Waals surface area contributed by atoms with E-state index in [4.69, 9.17) is 26.1 Å². The lowest BCUT2D eigenvalue weighted by Gasteiger charge is -2.38. The molecule has 2 fully saturated rings. The zero-order valence-electron chi connectivity index (χ0n) is 25.4. The molecule has 3 aromatic rings. The second-order valence-corrected chi connectivity index (χ2v) is 12.9. The number of fused-ring (bicyclic) bond motifs is 1. The lowest BCUT2D eigenvalue weighted by atomic mass is 9.95. The van der Waals surface area contributed by atoms with E-state index < -0.39 is 23.4 Å². The van der Waals surface area contributed by atoms with Crippen LogP contribution in [0.25, 0.3) is 0 Å². The molecule has 0 unspecified atom stereocenters. The largest absolute Gasteiger partial charge is 0.466 e. The lowest BCUT2D eigenvalue weighted by molar-refractivity contribution is -0.141. The van der Waals surface area contributed by atoms with Crippen LogP contribution in [-0.4, -0.2) is 85.0 Å². The number of carbonyl (C=O) groups excluding carboxylic acids is 3. The van der Waals surface area contributed by atoms with Crippen LogP contribution in [0, 0.1) is 5.82 Å². The number of esters is 1. The van der Waals surface area contributed by atoms with Crippen molar-refractivity contribution in [3.05, 3.63) is 92.3 Å². The number of methoxy groups -OCH3 is 1. The number of nitrogens with zero attached hydrogens (tertiary/aromatic N) is 5. The number of aliphatic imine (C=N–C) groups is 1. The van der Waals surface area contributed by atoms with Crippen LogP contribution in [0.1, 0.15) is 36.0 Å². The van der Waals surface area contributed by atoms with E-state index in [0.717, 1.165) is 11.3 Å². The van der Waals surface area contributed by atoms with E-state index >= 15 is 0 Å². The molecule has 1 aromatic heterocycles. The minimum Gasteiger partial charge on any atom is -0.466 e. The second-order valence-electron chi connectivity index (χ2n) is 11.6. The molecule has 46 heavy (non-hydrogen) atoms. The van der Waals surface area contributed by atoms with Gasteiger partial charge in [-0.25, -0.2) is 19.0 Å². The summed E-state index contributed by atoms with van der Waals surface area (Å²) in [7, 11) is 1.29. The Bertz CT molecular complexity index is 1710. The molecule has 2 saturated heterocycles. The maximum atomic E-state index is 14.6. The van der Waals surface area contributed by atoms with E-state index in [9.17, 15) is 18.8 Å². The molecule has 4 heterocycles. The van der Waals surface area contributed by atoms with E-state index in [-0.39, 0.29) is 22.7 Å². The molecule has 1 N–H and O–H groups in total. The van der Waals surface area contributed by atoms with Crippen molar-refractivity contribution in [1.82, 2.24) is 20.1 Å². The van der Waals surface area contributed by atoms with Gasteiger partial charge in [0.1, 0.15) is 17.5 Å². The van der Waals surface area contributed by atoms with Crippen LogP contribution in [0.4, 0.5) is 14.9 Å². The lowest BCUT2D eigenvalue weighted by Crippen LogP contribution is -2.53.